The van der Waals surface area contributed by atoms with Gasteiger partial charge in [0.25, 0.3) is 0 Å². The van der Waals surface area contributed by atoms with Gasteiger partial charge in [0.15, 0.2) is 0 Å². The highest BCUT2D eigenvalue weighted by atomic mass is 16.3. The molecule has 0 fully saturated rings. The predicted octanol–water partition coefficient (Wildman–Crippen LogP) is 14.9. The molecule has 2 atom stereocenters. The number of hydrogen-bond acceptors (Lipinski definition) is 3. The number of rotatable bonds is 41. The fourth-order valence-corrected chi connectivity index (χ4v) is 6.63. The van der Waals surface area contributed by atoms with E-state index >= 15 is 0 Å². The molecule has 0 saturated heterocycles. The summed E-state index contributed by atoms with van der Waals surface area (Å²) in [6.07, 6.45) is 66.6. The number of unbranched alkanes of at least 4 members (excludes halogenated alkanes) is 20. The van der Waals surface area contributed by atoms with E-state index in [0.29, 0.717) is 12.8 Å². The summed E-state index contributed by atoms with van der Waals surface area (Å²) in [5.41, 5.74) is 0. The predicted molar refractivity (Wildman–Crippen MR) is 243 cm³/mol. The van der Waals surface area contributed by atoms with Crippen LogP contribution < -0.4 is 5.32 Å². The van der Waals surface area contributed by atoms with Crippen LogP contribution in [0.2, 0.25) is 0 Å². The average Bonchev–Trinajstić information content (AvgIpc) is 3.19. The Morgan fingerprint density at radius 3 is 1.20 bits per heavy atom. The van der Waals surface area contributed by atoms with Gasteiger partial charge in [-0.2, -0.15) is 0 Å². The molecule has 0 spiro atoms. The van der Waals surface area contributed by atoms with Gasteiger partial charge < -0.3 is 15.5 Å². The van der Waals surface area contributed by atoms with E-state index in [0.717, 1.165) is 83.5 Å². The minimum absolute atomic E-state index is 0.0533. The maximum Gasteiger partial charge on any atom is 0.220 e. The van der Waals surface area contributed by atoms with Crippen molar-refractivity contribution in [2.45, 2.75) is 225 Å². The van der Waals surface area contributed by atoms with Gasteiger partial charge in [-0.05, 0) is 70.6 Å². The third-order valence-electron chi connectivity index (χ3n) is 10.2. The van der Waals surface area contributed by atoms with Crippen LogP contribution in [0.4, 0.5) is 0 Å². The molecule has 0 aromatic carbocycles. The molecule has 3 N–H and O–H groups in total. The molecule has 0 rings (SSSR count). The van der Waals surface area contributed by atoms with E-state index in [-0.39, 0.29) is 12.5 Å². The van der Waals surface area contributed by atoms with Gasteiger partial charge in [-0.25, -0.2) is 0 Å². The molecule has 316 valence electrons. The lowest BCUT2D eigenvalue weighted by atomic mass is 10.0. The van der Waals surface area contributed by atoms with Crippen molar-refractivity contribution in [3.8, 4) is 0 Å². The summed E-state index contributed by atoms with van der Waals surface area (Å²) >= 11 is 0. The van der Waals surface area contributed by atoms with E-state index in [4.69, 9.17) is 0 Å². The number of amides is 1. The highest BCUT2D eigenvalue weighted by molar-refractivity contribution is 5.76. The molecule has 0 heterocycles. The maximum atomic E-state index is 12.4. The molecule has 0 bridgehead atoms. The molecule has 0 aliphatic rings. The number of allylic oxidation sites excluding steroid dienone is 14. The van der Waals surface area contributed by atoms with Crippen molar-refractivity contribution in [1.29, 1.82) is 0 Å². The van der Waals surface area contributed by atoms with Crippen molar-refractivity contribution in [2.24, 2.45) is 0 Å². The molecular formula is C51H89NO3. The van der Waals surface area contributed by atoms with Crippen LogP contribution in [-0.4, -0.2) is 34.9 Å². The summed E-state index contributed by atoms with van der Waals surface area (Å²) in [5.74, 6) is -0.0533. The van der Waals surface area contributed by atoms with E-state index in [1.54, 1.807) is 0 Å². The molecule has 0 aromatic rings. The Labute approximate surface area is 341 Å². The number of aliphatic hydroxyl groups is 2. The Hall–Kier alpha value is -2.43. The zero-order chi connectivity index (χ0) is 40.0. The SMILES string of the molecule is CC/C=C\C/C=C\C/C=C\C/C=C\C/C=C\C/C=C\C/C=C\CCCCCCCC(=O)NC(CO)C(O)CCCCCCCCCCCCCCCCCC. The Bertz CT molecular complexity index is 1000. The highest BCUT2D eigenvalue weighted by Gasteiger charge is 2.20. The monoisotopic (exact) mass is 764 g/mol. The van der Waals surface area contributed by atoms with Crippen LogP contribution >= 0.6 is 0 Å². The van der Waals surface area contributed by atoms with Gasteiger partial charge in [-0.1, -0.05) is 221 Å². The summed E-state index contributed by atoms with van der Waals surface area (Å²) in [7, 11) is 0. The van der Waals surface area contributed by atoms with Crippen molar-refractivity contribution in [1.82, 2.24) is 5.32 Å². The summed E-state index contributed by atoms with van der Waals surface area (Å²) in [4.78, 5) is 12.4. The zero-order valence-corrected chi connectivity index (χ0v) is 36.2. The minimum atomic E-state index is -0.673. The van der Waals surface area contributed by atoms with Crippen molar-refractivity contribution in [2.75, 3.05) is 6.61 Å². The Morgan fingerprint density at radius 2 is 0.800 bits per heavy atom. The van der Waals surface area contributed by atoms with Crippen LogP contribution in [0.25, 0.3) is 0 Å². The lowest BCUT2D eigenvalue weighted by Gasteiger charge is -2.22. The van der Waals surface area contributed by atoms with E-state index in [9.17, 15) is 15.0 Å². The first kappa shape index (κ1) is 52.6. The lowest BCUT2D eigenvalue weighted by molar-refractivity contribution is -0.123. The second-order valence-electron chi connectivity index (χ2n) is 15.4. The van der Waals surface area contributed by atoms with E-state index in [2.05, 4.69) is 104 Å². The first-order valence-electron chi connectivity index (χ1n) is 23.3. The highest BCUT2D eigenvalue weighted by Crippen LogP contribution is 2.15. The molecule has 0 aromatic heterocycles. The second-order valence-corrected chi connectivity index (χ2v) is 15.4. The molecule has 0 aliphatic heterocycles. The fourth-order valence-electron chi connectivity index (χ4n) is 6.63. The first-order valence-corrected chi connectivity index (χ1v) is 23.3. The van der Waals surface area contributed by atoms with Gasteiger partial charge in [0.05, 0.1) is 18.8 Å². The van der Waals surface area contributed by atoms with E-state index in [1.807, 2.05) is 0 Å². The molecular weight excluding hydrogens is 675 g/mol. The minimum Gasteiger partial charge on any atom is -0.394 e. The van der Waals surface area contributed by atoms with Gasteiger partial charge >= 0.3 is 0 Å². The standard InChI is InChI=1S/C51H89NO3/c1-3-5-7-9-11-13-15-17-19-21-22-23-24-25-26-27-28-29-30-31-33-35-37-39-41-43-45-47-51(55)52-49(48-53)50(54)46-44-42-40-38-36-34-32-20-18-16-14-12-10-8-6-4-2/h5,7,11,13,17,19,22-23,25-26,28-29,31,33,49-50,53-54H,3-4,6,8-10,12,14-16,18,20-21,24,27,30,32,34-48H2,1-2H3,(H,52,55)/b7-5-,13-11-,19-17-,23-22-,26-25-,29-28-,33-31-. The smallest absolute Gasteiger partial charge is 0.220 e. The van der Waals surface area contributed by atoms with Crippen LogP contribution in [-0.2, 0) is 4.79 Å². The van der Waals surface area contributed by atoms with Crippen LogP contribution in [0, 0.1) is 0 Å². The molecule has 1 amide bonds. The average molecular weight is 764 g/mol. The third-order valence-corrected chi connectivity index (χ3v) is 10.2. The van der Waals surface area contributed by atoms with Crippen LogP contribution in [0.1, 0.15) is 213 Å². The topological polar surface area (TPSA) is 69.6 Å². The van der Waals surface area contributed by atoms with Gasteiger partial charge in [0.2, 0.25) is 5.91 Å². The number of carbonyl (C=O) groups excluding carboxylic acids is 1. The third kappa shape index (κ3) is 42.6. The lowest BCUT2D eigenvalue weighted by Crippen LogP contribution is -2.45. The Morgan fingerprint density at radius 1 is 0.455 bits per heavy atom. The summed E-state index contributed by atoms with van der Waals surface area (Å²) in [6, 6.07) is -0.552. The van der Waals surface area contributed by atoms with E-state index < -0.39 is 12.1 Å². The summed E-state index contributed by atoms with van der Waals surface area (Å²) in [5, 5.41) is 23.2. The number of aliphatic hydroxyl groups excluding tert-OH is 2. The van der Waals surface area contributed by atoms with Gasteiger partial charge in [-0.15, -0.1) is 0 Å². The Kier molecular flexibility index (Phi) is 43.9. The van der Waals surface area contributed by atoms with Gasteiger partial charge in [0.1, 0.15) is 0 Å². The van der Waals surface area contributed by atoms with Gasteiger partial charge in [-0.3, -0.25) is 4.79 Å². The fraction of sp³-hybridized carbons (Fsp3) is 0.706. The first-order chi connectivity index (χ1) is 27.2. The molecule has 4 heteroatoms. The molecule has 4 nitrogen and oxygen atoms in total. The Balaban J connectivity index is 3.63. The molecule has 0 saturated carbocycles. The molecule has 0 radical (unpaired) electrons. The zero-order valence-electron chi connectivity index (χ0n) is 36.2. The van der Waals surface area contributed by atoms with Crippen molar-refractivity contribution in [3.63, 3.8) is 0 Å². The second kappa shape index (κ2) is 46.0. The molecule has 55 heavy (non-hydrogen) atoms. The van der Waals surface area contributed by atoms with E-state index in [1.165, 1.54) is 103 Å². The van der Waals surface area contributed by atoms with Crippen molar-refractivity contribution in [3.05, 3.63) is 85.1 Å². The number of nitrogens with one attached hydrogen (secondary N) is 1. The van der Waals surface area contributed by atoms with Crippen LogP contribution in [0.5, 0.6) is 0 Å². The van der Waals surface area contributed by atoms with Gasteiger partial charge in [0, 0.05) is 6.42 Å². The summed E-state index contributed by atoms with van der Waals surface area (Å²) in [6.45, 7) is 4.23. The number of hydrogen-bond donors (Lipinski definition) is 3. The largest absolute Gasteiger partial charge is 0.394 e. The normalized spacial score (nSPS) is 13.7. The maximum absolute atomic E-state index is 12.4. The van der Waals surface area contributed by atoms with Crippen LogP contribution in [0.15, 0.2) is 85.1 Å². The molecule has 2 unspecified atom stereocenters. The quantitative estimate of drug-likeness (QED) is 0.0429. The van der Waals surface area contributed by atoms with Crippen molar-refractivity contribution < 1.29 is 15.0 Å². The number of carbonyl (C=O) groups is 1. The summed E-state index contributed by atoms with van der Waals surface area (Å²) < 4.78 is 0. The molecule has 0 aliphatic carbocycles. The van der Waals surface area contributed by atoms with Crippen LogP contribution in [0.3, 0.4) is 0 Å². The van der Waals surface area contributed by atoms with Crippen molar-refractivity contribution >= 4 is 5.91 Å².